The third kappa shape index (κ3) is 1.95. The Kier molecular flexibility index (Phi) is 2.87. The first kappa shape index (κ1) is 10.7. The first-order valence-electron chi connectivity index (χ1n) is 4.09. The molecular weight excluding hydrogens is 258 g/mol. The van der Waals surface area contributed by atoms with Gasteiger partial charge in [-0.25, -0.2) is 4.99 Å². The van der Waals surface area contributed by atoms with E-state index in [1.807, 2.05) is 0 Å². The Morgan fingerprint density at radius 1 is 1.47 bits per heavy atom. The van der Waals surface area contributed by atoms with Crippen molar-refractivity contribution in [2.75, 3.05) is 11.0 Å². The van der Waals surface area contributed by atoms with Crippen molar-refractivity contribution in [3.63, 3.8) is 0 Å². The largest absolute Gasteiger partial charge is 0.276 e. The minimum atomic E-state index is -0.564. The van der Waals surface area contributed by atoms with Gasteiger partial charge in [-0.15, -0.1) is 0 Å². The van der Waals surface area contributed by atoms with E-state index >= 15 is 0 Å². The molecule has 1 aromatic carbocycles. The van der Waals surface area contributed by atoms with Crippen molar-refractivity contribution < 1.29 is 4.79 Å². The molecule has 15 heavy (non-hydrogen) atoms. The second-order valence-electron chi connectivity index (χ2n) is 2.96. The first-order chi connectivity index (χ1) is 7.09. The predicted octanol–water partition coefficient (Wildman–Crippen LogP) is 3.31. The van der Waals surface area contributed by atoms with E-state index in [4.69, 9.17) is 35.0 Å². The molecule has 0 saturated heterocycles. The number of hydrogen-bond donors (Lipinski definition) is 0. The summed E-state index contributed by atoms with van der Waals surface area (Å²) in [6, 6.07) is 4.99. The second kappa shape index (κ2) is 4.00. The van der Waals surface area contributed by atoms with Crippen molar-refractivity contribution >= 4 is 56.8 Å². The number of hydrogen-bond acceptors (Lipinski definition) is 3. The molecule has 0 amide bonds. The Morgan fingerprint density at radius 3 is 2.87 bits per heavy atom. The van der Waals surface area contributed by atoms with Crippen LogP contribution in [0.1, 0.15) is 10.4 Å². The number of rotatable bonds is 1. The van der Waals surface area contributed by atoms with Gasteiger partial charge in [-0.3, -0.25) is 9.21 Å². The zero-order chi connectivity index (χ0) is 11.0. The second-order valence-corrected chi connectivity index (χ2v) is 4.14. The van der Waals surface area contributed by atoms with Crippen molar-refractivity contribution in [1.82, 2.24) is 0 Å². The lowest BCUT2D eigenvalue weighted by Gasteiger charge is -2.23. The van der Waals surface area contributed by atoms with E-state index in [0.717, 1.165) is 0 Å². The summed E-state index contributed by atoms with van der Waals surface area (Å²) in [5.41, 5.74) is 1.38. The molecule has 0 bridgehead atoms. The maximum atomic E-state index is 11.1. The fraction of sp³-hybridized carbons (Fsp3) is 0.111. The van der Waals surface area contributed by atoms with Crippen LogP contribution in [-0.4, -0.2) is 17.0 Å². The smallest absolute Gasteiger partial charge is 0.254 e. The Balaban J connectivity index is 2.65. The van der Waals surface area contributed by atoms with Gasteiger partial charge < -0.3 is 0 Å². The highest BCUT2D eigenvalue weighted by Crippen LogP contribution is 2.37. The van der Waals surface area contributed by atoms with Gasteiger partial charge in [0.05, 0.1) is 23.5 Å². The summed E-state index contributed by atoms with van der Waals surface area (Å²) in [7, 11) is 0. The highest BCUT2D eigenvalue weighted by molar-refractivity contribution is 6.69. The molecule has 0 saturated carbocycles. The van der Waals surface area contributed by atoms with Crippen LogP contribution in [0, 0.1) is 0 Å². The molecule has 0 radical (unpaired) electrons. The number of carbonyl (C=O) groups is 1. The van der Waals surface area contributed by atoms with E-state index < -0.39 is 5.24 Å². The quantitative estimate of drug-likeness (QED) is 0.575. The number of anilines is 1. The molecule has 0 N–H and O–H groups in total. The molecule has 0 fully saturated rings. The van der Waals surface area contributed by atoms with Crippen LogP contribution in [0.2, 0.25) is 0 Å². The molecule has 3 nitrogen and oxygen atoms in total. The predicted molar refractivity (Wildman–Crippen MR) is 62.8 cm³/mol. The van der Waals surface area contributed by atoms with Gasteiger partial charge in [0.2, 0.25) is 0 Å². The molecule has 6 heteroatoms. The lowest BCUT2D eigenvalue weighted by atomic mass is 10.1. The number of fused-ring (bicyclic) bond motifs is 1. The highest BCUT2D eigenvalue weighted by Gasteiger charge is 2.22. The maximum Gasteiger partial charge on any atom is 0.254 e. The fourth-order valence-electron chi connectivity index (χ4n) is 1.39. The number of halogens is 3. The van der Waals surface area contributed by atoms with Gasteiger partial charge in [-0.2, -0.15) is 0 Å². The van der Waals surface area contributed by atoms with Gasteiger partial charge in [0.25, 0.3) is 5.24 Å². The minimum Gasteiger partial charge on any atom is -0.276 e. The van der Waals surface area contributed by atoms with E-state index in [-0.39, 0.29) is 6.54 Å². The first-order valence-corrected chi connectivity index (χ1v) is 5.18. The van der Waals surface area contributed by atoms with Crippen molar-refractivity contribution in [2.45, 2.75) is 0 Å². The van der Waals surface area contributed by atoms with Crippen LogP contribution in [-0.2, 0) is 0 Å². The molecule has 2 rings (SSSR count). The zero-order valence-corrected chi connectivity index (χ0v) is 9.64. The van der Waals surface area contributed by atoms with Crippen molar-refractivity contribution in [3.05, 3.63) is 23.8 Å². The third-order valence-corrected chi connectivity index (χ3v) is 2.68. The maximum absolute atomic E-state index is 11.1. The number of nitrogens with zero attached hydrogens (tertiary/aromatic N) is 2. The van der Waals surface area contributed by atoms with E-state index in [1.165, 1.54) is 4.42 Å². The average Bonchev–Trinajstić information content (AvgIpc) is 2.16. The number of para-hydroxylation sites is 1. The fourth-order valence-corrected chi connectivity index (χ4v) is 2.11. The molecule has 0 atom stereocenters. The molecule has 1 aliphatic rings. The van der Waals surface area contributed by atoms with Gasteiger partial charge in [0.1, 0.15) is 5.17 Å². The van der Waals surface area contributed by atoms with Gasteiger partial charge in [0, 0.05) is 11.8 Å². The van der Waals surface area contributed by atoms with Crippen molar-refractivity contribution in [3.8, 4) is 0 Å². The van der Waals surface area contributed by atoms with Crippen LogP contribution in [0.15, 0.2) is 23.2 Å². The Labute approximate surface area is 101 Å². The number of aliphatic imine (C=N–C) groups is 1. The summed E-state index contributed by atoms with van der Waals surface area (Å²) < 4.78 is 1.33. The third-order valence-electron chi connectivity index (χ3n) is 1.98. The van der Waals surface area contributed by atoms with Crippen LogP contribution < -0.4 is 4.42 Å². The summed E-state index contributed by atoms with van der Waals surface area (Å²) >= 11 is 17.2. The topological polar surface area (TPSA) is 32.7 Å². The van der Waals surface area contributed by atoms with Gasteiger partial charge in [-0.05, 0) is 23.7 Å². The normalized spacial score (nSPS) is 14.6. The average molecular weight is 264 g/mol. The lowest BCUT2D eigenvalue weighted by molar-refractivity contribution is 0.108. The standard InChI is InChI=1S/C9H5Cl3N2O/c10-7-4-14(12)8-5(9(11)15)2-1-3-6(8)13-7/h1-3H,4H2. The molecule has 0 aromatic heterocycles. The van der Waals surface area contributed by atoms with Crippen LogP contribution in [0.5, 0.6) is 0 Å². The number of carbonyl (C=O) groups excluding carboxylic acids is 1. The summed E-state index contributed by atoms with van der Waals surface area (Å²) in [6.45, 7) is 0.261. The van der Waals surface area contributed by atoms with Gasteiger partial charge in [0.15, 0.2) is 0 Å². The summed E-state index contributed by atoms with van der Waals surface area (Å²) in [5.74, 6) is 0. The van der Waals surface area contributed by atoms with Gasteiger partial charge >= 0.3 is 0 Å². The molecule has 78 valence electrons. The summed E-state index contributed by atoms with van der Waals surface area (Å²) in [4.78, 5) is 15.2. The van der Waals surface area contributed by atoms with E-state index in [0.29, 0.717) is 22.1 Å². The van der Waals surface area contributed by atoms with Crippen LogP contribution in [0.4, 0.5) is 11.4 Å². The Bertz CT molecular complexity index is 459. The molecule has 0 unspecified atom stereocenters. The number of benzene rings is 1. The van der Waals surface area contributed by atoms with Crippen molar-refractivity contribution in [2.24, 2.45) is 4.99 Å². The highest BCUT2D eigenvalue weighted by atomic mass is 35.5. The summed E-state index contributed by atoms with van der Waals surface area (Å²) in [6.07, 6.45) is 0. The molecule has 0 aliphatic carbocycles. The van der Waals surface area contributed by atoms with Crippen LogP contribution in [0.25, 0.3) is 0 Å². The SMILES string of the molecule is O=C(Cl)c1cccc2c1N(Cl)CC(Cl)=N2. The summed E-state index contributed by atoms with van der Waals surface area (Å²) in [5, 5.41) is -0.192. The van der Waals surface area contributed by atoms with E-state index in [9.17, 15) is 4.79 Å². The molecular formula is C9H5Cl3N2O. The minimum absolute atomic E-state index is 0.261. The van der Waals surface area contributed by atoms with Crippen molar-refractivity contribution in [1.29, 1.82) is 0 Å². The zero-order valence-electron chi connectivity index (χ0n) is 7.38. The Hall–Kier alpha value is -0.770. The molecule has 0 spiro atoms. The van der Waals surface area contributed by atoms with Crippen LogP contribution >= 0.6 is 35.0 Å². The Morgan fingerprint density at radius 2 is 2.20 bits per heavy atom. The van der Waals surface area contributed by atoms with Gasteiger partial charge in [-0.1, -0.05) is 17.7 Å². The molecule has 1 heterocycles. The molecule has 1 aliphatic heterocycles. The van der Waals surface area contributed by atoms with E-state index in [1.54, 1.807) is 18.2 Å². The lowest BCUT2D eigenvalue weighted by Crippen LogP contribution is -2.22. The molecule has 1 aromatic rings. The van der Waals surface area contributed by atoms with E-state index in [2.05, 4.69) is 4.99 Å². The van der Waals surface area contributed by atoms with Crippen LogP contribution in [0.3, 0.4) is 0 Å². The monoisotopic (exact) mass is 262 g/mol.